The van der Waals surface area contributed by atoms with Gasteiger partial charge >= 0.3 is 0 Å². The SMILES string of the molecule is CCc1cc(Cn2c(CNC)cc3ccccc32)n(C)n1. The van der Waals surface area contributed by atoms with Crippen LogP contribution in [0.2, 0.25) is 0 Å². The van der Waals surface area contributed by atoms with Crippen molar-refractivity contribution in [1.82, 2.24) is 19.7 Å². The lowest BCUT2D eigenvalue weighted by atomic mass is 10.2. The average Bonchev–Trinajstić information content (AvgIpc) is 3.02. The van der Waals surface area contributed by atoms with Gasteiger partial charge < -0.3 is 9.88 Å². The number of nitrogens with zero attached hydrogens (tertiary/aromatic N) is 3. The Morgan fingerprint density at radius 1 is 1.14 bits per heavy atom. The summed E-state index contributed by atoms with van der Waals surface area (Å²) in [5.41, 5.74) is 4.98. The number of fused-ring (bicyclic) bond motifs is 1. The van der Waals surface area contributed by atoms with Crippen molar-refractivity contribution < 1.29 is 0 Å². The molecule has 4 nitrogen and oxygen atoms in total. The van der Waals surface area contributed by atoms with E-state index in [1.807, 2.05) is 18.8 Å². The first-order valence-corrected chi connectivity index (χ1v) is 7.46. The monoisotopic (exact) mass is 282 g/mol. The summed E-state index contributed by atoms with van der Waals surface area (Å²) >= 11 is 0. The molecular formula is C17H22N4. The second-order valence-corrected chi connectivity index (χ2v) is 5.42. The molecule has 0 atom stereocenters. The molecule has 3 aromatic rings. The third-order valence-corrected chi connectivity index (χ3v) is 3.96. The molecule has 0 bridgehead atoms. The fourth-order valence-corrected chi connectivity index (χ4v) is 2.84. The van der Waals surface area contributed by atoms with Crippen LogP contribution >= 0.6 is 0 Å². The van der Waals surface area contributed by atoms with Gasteiger partial charge in [0.25, 0.3) is 0 Å². The highest BCUT2D eigenvalue weighted by molar-refractivity contribution is 5.81. The van der Waals surface area contributed by atoms with Gasteiger partial charge in [0.05, 0.1) is 17.9 Å². The Morgan fingerprint density at radius 2 is 1.95 bits per heavy atom. The van der Waals surface area contributed by atoms with E-state index in [0.717, 1.165) is 25.2 Å². The summed E-state index contributed by atoms with van der Waals surface area (Å²) < 4.78 is 4.37. The molecule has 1 aromatic carbocycles. The Morgan fingerprint density at radius 3 is 2.67 bits per heavy atom. The molecule has 0 aliphatic carbocycles. The molecule has 0 saturated carbocycles. The zero-order chi connectivity index (χ0) is 14.8. The summed E-state index contributed by atoms with van der Waals surface area (Å²) in [6, 6.07) is 13.0. The smallest absolute Gasteiger partial charge is 0.0648 e. The highest BCUT2D eigenvalue weighted by atomic mass is 15.3. The second kappa shape index (κ2) is 5.74. The predicted octanol–water partition coefficient (Wildman–Crippen LogP) is 2.70. The first-order valence-electron chi connectivity index (χ1n) is 7.46. The van der Waals surface area contributed by atoms with Crippen LogP contribution in [-0.2, 0) is 26.6 Å². The lowest BCUT2D eigenvalue weighted by molar-refractivity contribution is 0.644. The Labute approximate surface area is 125 Å². The van der Waals surface area contributed by atoms with Crippen molar-refractivity contribution in [3.05, 3.63) is 53.5 Å². The van der Waals surface area contributed by atoms with Crippen molar-refractivity contribution in [2.45, 2.75) is 26.4 Å². The maximum absolute atomic E-state index is 4.55. The molecule has 21 heavy (non-hydrogen) atoms. The molecule has 0 spiro atoms. The van der Waals surface area contributed by atoms with E-state index >= 15 is 0 Å². The van der Waals surface area contributed by atoms with Crippen LogP contribution in [0.15, 0.2) is 36.4 Å². The zero-order valence-electron chi connectivity index (χ0n) is 12.9. The standard InChI is InChI=1S/C17H22N4/c1-4-14-10-16(20(3)19-14)12-21-15(11-18-2)9-13-7-5-6-8-17(13)21/h5-10,18H,4,11-12H2,1-3H3. The molecule has 2 heterocycles. The van der Waals surface area contributed by atoms with Gasteiger partial charge in [-0.1, -0.05) is 25.1 Å². The van der Waals surface area contributed by atoms with Gasteiger partial charge in [-0.3, -0.25) is 4.68 Å². The number of para-hydroxylation sites is 1. The quantitative estimate of drug-likeness (QED) is 0.781. The van der Waals surface area contributed by atoms with E-state index in [9.17, 15) is 0 Å². The summed E-state index contributed by atoms with van der Waals surface area (Å²) in [5.74, 6) is 0. The van der Waals surface area contributed by atoms with Gasteiger partial charge in [-0.05, 0) is 37.1 Å². The minimum Gasteiger partial charge on any atom is -0.337 e. The van der Waals surface area contributed by atoms with E-state index in [1.165, 1.54) is 22.3 Å². The number of aryl methyl sites for hydroxylation is 2. The molecule has 0 aliphatic heterocycles. The molecule has 1 N–H and O–H groups in total. The van der Waals surface area contributed by atoms with Gasteiger partial charge in [-0.15, -0.1) is 0 Å². The minimum absolute atomic E-state index is 0.855. The van der Waals surface area contributed by atoms with Gasteiger partial charge in [0, 0.05) is 24.8 Å². The van der Waals surface area contributed by atoms with E-state index in [1.54, 1.807) is 0 Å². The van der Waals surface area contributed by atoms with Crippen molar-refractivity contribution in [3.63, 3.8) is 0 Å². The summed E-state index contributed by atoms with van der Waals surface area (Å²) in [5, 5.41) is 9.10. The van der Waals surface area contributed by atoms with Crippen LogP contribution in [0.1, 0.15) is 24.0 Å². The van der Waals surface area contributed by atoms with Crippen LogP contribution in [0.5, 0.6) is 0 Å². The van der Waals surface area contributed by atoms with Gasteiger partial charge in [0.15, 0.2) is 0 Å². The molecule has 0 saturated heterocycles. The Balaban J connectivity index is 2.05. The summed E-state index contributed by atoms with van der Waals surface area (Å²) in [6.45, 7) is 3.87. The number of hydrogen-bond donors (Lipinski definition) is 1. The molecule has 2 aromatic heterocycles. The van der Waals surface area contributed by atoms with Crippen molar-refractivity contribution in [2.75, 3.05) is 7.05 Å². The van der Waals surface area contributed by atoms with Crippen LogP contribution in [0.3, 0.4) is 0 Å². The van der Waals surface area contributed by atoms with Crippen molar-refractivity contribution >= 4 is 10.9 Å². The first kappa shape index (κ1) is 13.9. The number of hydrogen-bond acceptors (Lipinski definition) is 2. The molecule has 0 radical (unpaired) electrons. The van der Waals surface area contributed by atoms with Gasteiger partial charge in [-0.25, -0.2) is 0 Å². The molecule has 4 heteroatoms. The lowest BCUT2D eigenvalue weighted by Crippen LogP contribution is -2.13. The van der Waals surface area contributed by atoms with Crippen molar-refractivity contribution in [3.8, 4) is 0 Å². The van der Waals surface area contributed by atoms with Crippen LogP contribution in [0.4, 0.5) is 0 Å². The Bertz CT molecular complexity index is 751. The Hall–Kier alpha value is -2.07. The van der Waals surface area contributed by atoms with E-state index in [2.05, 4.69) is 58.3 Å². The lowest BCUT2D eigenvalue weighted by Gasteiger charge is -2.11. The van der Waals surface area contributed by atoms with Crippen molar-refractivity contribution in [2.24, 2.45) is 7.05 Å². The van der Waals surface area contributed by atoms with Gasteiger partial charge in [0.2, 0.25) is 0 Å². The van der Waals surface area contributed by atoms with Gasteiger partial charge in [0.1, 0.15) is 0 Å². The molecule has 0 amide bonds. The summed E-state index contributed by atoms with van der Waals surface area (Å²) in [6.07, 6.45) is 0.976. The topological polar surface area (TPSA) is 34.8 Å². The minimum atomic E-state index is 0.855. The maximum atomic E-state index is 4.55. The van der Waals surface area contributed by atoms with Crippen LogP contribution < -0.4 is 5.32 Å². The average molecular weight is 282 g/mol. The molecule has 0 aliphatic rings. The fourth-order valence-electron chi connectivity index (χ4n) is 2.84. The maximum Gasteiger partial charge on any atom is 0.0648 e. The second-order valence-electron chi connectivity index (χ2n) is 5.42. The van der Waals surface area contributed by atoms with E-state index < -0.39 is 0 Å². The number of nitrogens with one attached hydrogen (secondary N) is 1. The normalized spacial score (nSPS) is 11.4. The first-order chi connectivity index (χ1) is 10.2. The van der Waals surface area contributed by atoms with E-state index in [0.29, 0.717) is 0 Å². The van der Waals surface area contributed by atoms with Crippen LogP contribution in [0.25, 0.3) is 10.9 Å². The molecule has 0 unspecified atom stereocenters. The number of rotatable bonds is 5. The highest BCUT2D eigenvalue weighted by Gasteiger charge is 2.11. The highest BCUT2D eigenvalue weighted by Crippen LogP contribution is 2.21. The van der Waals surface area contributed by atoms with Crippen LogP contribution in [-0.4, -0.2) is 21.4 Å². The molecule has 110 valence electrons. The van der Waals surface area contributed by atoms with Gasteiger partial charge in [-0.2, -0.15) is 5.10 Å². The third-order valence-electron chi connectivity index (χ3n) is 3.96. The third kappa shape index (κ3) is 2.59. The van der Waals surface area contributed by atoms with Crippen LogP contribution in [0, 0.1) is 0 Å². The Kier molecular flexibility index (Phi) is 3.80. The number of benzene rings is 1. The largest absolute Gasteiger partial charge is 0.337 e. The number of aromatic nitrogens is 3. The zero-order valence-corrected chi connectivity index (χ0v) is 12.9. The molecular weight excluding hydrogens is 260 g/mol. The molecule has 3 rings (SSSR count). The molecule has 0 fully saturated rings. The fraction of sp³-hybridized carbons (Fsp3) is 0.353. The summed E-state index contributed by atoms with van der Waals surface area (Å²) in [7, 11) is 4.01. The van der Waals surface area contributed by atoms with Crippen molar-refractivity contribution in [1.29, 1.82) is 0 Å². The van der Waals surface area contributed by atoms with E-state index in [4.69, 9.17) is 0 Å². The predicted molar refractivity (Wildman–Crippen MR) is 86.4 cm³/mol. The van der Waals surface area contributed by atoms with E-state index in [-0.39, 0.29) is 0 Å². The summed E-state index contributed by atoms with van der Waals surface area (Å²) in [4.78, 5) is 0.